The second kappa shape index (κ2) is 2.73. The summed E-state index contributed by atoms with van der Waals surface area (Å²) in [6, 6.07) is 0. The summed E-state index contributed by atoms with van der Waals surface area (Å²) < 4.78 is 0. The van der Waals surface area contributed by atoms with E-state index in [1.165, 1.54) is 25.7 Å². The first-order valence-electron chi connectivity index (χ1n) is 5.32. The van der Waals surface area contributed by atoms with Crippen molar-refractivity contribution in [3.8, 4) is 0 Å². The van der Waals surface area contributed by atoms with Gasteiger partial charge in [0.25, 0.3) is 0 Å². The van der Waals surface area contributed by atoms with E-state index in [-0.39, 0.29) is 0 Å². The predicted octanol–water partition coefficient (Wildman–Crippen LogP) is 2.41. The summed E-state index contributed by atoms with van der Waals surface area (Å²) in [7, 11) is 0. The van der Waals surface area contributed by atoms with Crippen molar-refractivity contribution >= 4 is 0 Å². The van der Waals surface area contributed by atoms with Gasteiger partial charge in [0.15, 0.2) is 0 Å². The third kappa shape index (κ3) is 1.28. The maximum atomic E-state index is 5.81. The molecule has 1 heteroatoms. The van der Waals surface area contributed by atoms with Crippen molar-refractivity contribution in [3.05, 3.63) is 0 Å². The lowest BCUT2D eigenvalue weighted by molar-refractivity contribution is 0.112. The van der Waals surface area contributed by atoms with Crippen LogP contribution in [0.5, 0.6) is 0 Å². The zero-order chi connectivity index (χ0) is 8.77. The average Bonchev–Trinajstić information content (AvgIpc) is 2.23. The quantitative estimate of drug-likeness (QED) is 0.637. The van der Waals surface area contributed by atoms with Gasteiger partial charge in [0.05, 0.1) is 0 Å². The Bertz CT molecular complexity index is 158. The molecule has 12 heavy (non-hydrogen) atoms. The van der Waals surface area contributed by atoms with E-state index in [4.69, 9.17) is 5.73 Å². The minimum Gasteiger partial charge on any atom is -0.330 e. The second-order valence-electron chi connectivity index (χ2n) is 5.57. The molecule has 0 aliphatic heterocycles. The minimum atomic E-state index is 0.609. The van der Waals surface area contributed by atoms with E-state index in [0.717, 1.165) is 24.3 Å². The molecule has 0 heterocycles. The summed E-state index contributed by atoms with van der Waals surface area (Å²) in [6.07, 6.45) is 5.75. The Hall–Kier alpha value is -0.0400. The highest BCUT2D eigenvalue weighted by atomic mass is 14.6. The highest BCUT2D eigenvalue weighted by Gasteiger charge is 2.44. The van der Waals surface area contributed by atoms with Crippen LogP contribution in [0, 0.1) is 23.2 Å². The summed E-state index contributed by atoms with van der Waals surface area (Å²) in [5.74, 6) is 2.80. The first-order valence-corrected chi connectivity index (χ1v) is 5.32. The summed E-state index contributed by atoms with van der Waals surface area (Å²) in [4.78, 5) is 0. The molecule has 2 unspecified atom stereocenters. The van der Waals surface area contributed by atoms with Crippen LogP contribution in [0.4, 0.5) is 0 Å². The largest absolute Gasteiger partial charge is 0.330 e. The maximum absolute atomic E-state index is 5.81. The summed E-state index contributed by atoms with van der Waals surface area (Å²) in [6.45, 7) is 5.78. The molecule has 2 rings (SSSR count). The number of hydrogen-bond donors (Lipinski definition) is 1. The lowest BCUT2D eigenvalue weighted by Gasteiger charge is -2.39. The minimum absolute atomic E-state index is 0.609. The Kier molecular flexibility index (Phi) is 1.95. The molecule has 70 valence electrons. The topological polar surface area (TPSA) is 26.0 Å². The fourth-order valence-corrected chi connectivity index (χ4v) is 3.64. The van der Waals surface area contributed by atoms with Crippen LogP contribution < -0.4 is 5.73 Å². The van der Waals surface area contributed by atoms with E-state index in [1.54, 1.807) is 0 Å². The highest BCUT2D eigenvalue weighted by Crippen LogP contribution is 2.53. The molecule has 0 saturated heterocycles. The van der Waals surface area contributed by atoms with Crippen LogP contribution in [0.25, 0.3) is 0 Å². The Morgan fingerprint density at radius 3 is 2.08 bits per heavy atom. The molecular weight excluding hydrogens is 146 g/mol. The van der Waals surface area contributed by atoms with E-state index in [0.29, 0.717) is 5.41 Å². The molecule has 2 atom stereocenters. The van der Waals surface area contributed by atoms with Crippen molar-refractivity contribution in [2.75, 3.05) is 6.54 Å². The van der Waals surface area contributed by atoms with Crippen LogP contribution in [-0.2, 0) is 0 Å². The smallest absolute Gasteiger partial charge is 0.00436 e. The van der Waals surface area contributed by atoms with Crippen molar-refractivity contribution in [2.45, 2.75) is 39.5 Å². The fourth-order valence-electron chi connectivity index (χ4n) is 3.64. The molecular formula is C11H21N. The fraction of sp³-hybridized carbons (Fsp3) is 1.00. The van der Waals surface area contributed by atoms with E-state index < -0.39 is 0 Å². The first-order chi connectivity index (χ1) is 5.62. The van der Waals surface area contributed by atoms with E-state index in [9.17, 15) is 0 Å². The van der Waals surface area contributed by atoms with Gasteiger partial charge in [-0.3, -0.25) is 0 Å². The molecule has 2 bridgehead atoms. The highest BCUT2D eigenvalue weighted by molar-refractivity contribution is 4.95. The molecule has 2 fully saturated rings. The van der Waals surface area contributed by atoms with Gasteiger partial charge in [-0.15, -0.1) is 0 Å². The van der Waals surface area contributed by atoms with Gasteiger partial charge < -0.3 is 5.73 Å². The Labute approximate surface area is 75.7 Å². The average molecular weight is 167 g/mol. The number of rotatable bonds is 1. The molecule has 0 aromatic rings. The normalized spacial score (nSPS) is 44.8. The molecule has 0 spiro atoms. The molecule has 2 aliphatic rings. The van der Waals surface area contributed by atoms with Crippen molar-refractivity contribution in [3.63, 3.8) is 0 Å². The van der Waals surface area contributed by atoms with Crippen LogP contribution in [0.15, 0.2) is 0 Å². The molecule has 0 radical (unpaired) electrons. The monoisotopic (exact) mass is 167 g/mol. The van der Waals surface area contributed by atoms with Gasteiger partial charge in [-0.05, 0) is 55.4 Å². The van der Waals surface area contributed by atoms with Crippen molar-refractivity contribution in [2.24, 2.45) is 28.9 Å². The van der Waals surface area contributed by atoms with Gasteiger partial charge in [0.1, 0.15) is 0 Å². The van der Waals surface area contributed by atoms with Gasteiger partial charge >= 0.3 is 0 Å². The van der Waals surface area contributed by atoms with E-state index in [2.05, 4.69) is 13.8 Å². The molecule has 2 N–H and O–H groups in total. The lowest BCUT2D eigenvalue weighted by atomic mass is 9.66. The van der Waals surface area contributed by atoms with E-state index >= 15 is 0 Å². The Balaban J connectivity index is 2.11. The van der Waals surface area contributed by atoms with Gasteiger partial charge in [-0.25, -0.2) is 0 Å². The first kappa shape index (κ1) is 8.55. The van der Waals surface area contributed by atoms with Crippen molar-refractivity contribution < 1.29 is 0 Å². The van der Waals surface area contributed by atoms with Crippen LogP contribution in [-0.4, -0.2) is 6.54 Å². The van der Waals surface area contributed by atoms with Gasteiger partial charge in [0.2, 0.25) is 0 Å². The second-order valence-corrected chi connectivity index (χ2v) is 5.57. The predicted molar refractivity (Wildman–Crippen MR) is 51.8 cm³/mol. The SMILES string of the molecule is CC1(C)CC2CCC(C1)C2CN. The van der Waals surface area contributed by atoms with E-state index in [1.807, 2.05) is 0 Å². The van der Waals surface area contributed by atoms with Crippen LogP contribution >= 0.6 is 0 Å². The van der Waals surface area contributed by atoms with Crippen molar-refractivity contribution in [1.82, 2.24) is 0 Å². The Morgan fingerprint density at radius 1 is 1.17 bits per heavy atom. The van der Waals surface area contributed by atoms with Crippen LogP contribution in [0.3, 0.4) is 0 Å². The molecule has 0 aromatic carbocycles. The van der Waals surface area contributed by atoms with Gasteiger partial charge in [-0.1, -0.05) is 13.8 Å². The molecule has 1 nitrogen and oxygen atoms in total. The number of nitrogens with two attached hydrogens (primary N) is 1. The van der Waals surface area contributed by atoms with Crippen LogP contribution in [0.1, 0.15) is 39.5 Å². The zero-order valence-corrected chi connectivity index (χ0v) is 8.34. The Morgan fingerprint density at radius 2 is 1.67 bits per heavy atom. The summed E-state index contributed by atoms with van der Waals surface area (Å²) >= 11 is 0. The third-order valence-corrected chi connectivity index (χ3v) is 4.02. The molecule has 0 aromatic heterocycles. The van der Waals surface area contributed by atoms with Gasteiger partial charge in [-0.2, -0.15) is 0 Å². The van der Waals surface area contributed by atoms with Crippen LogP contribution in [0.2, 0.25) is 0 Å². The zero-order valence-electron chi connectivity index (χ0n) is 8.34. The molecule has 0 amide bonds. The molecule has 2 saturated carbocycles. The standard InChI is InChI=1S/C11H21N/c1-11(2)5-8-3-4-9(6-11)10(8)7-12/h8-10H,3-7,12H2,1-2H3. The molecule has 2 aliphatic carbocycles. The number of hydrogen-bond acceptors (Lipinski definition) is 1. The summed E-state index contributed by atoms with van der Waals surface area (Å²) in [5, 5.41) is 0. The lowest BCUT2D eigenvalue weighted by Crippen LogP contribution is -2.35. The van der Waals surface area contributed by atoms with Gasteiger partial charge in [0, 0.05) is 0 Å². The maximum Gasteiger partial charge on any atom is -0.00436 e. The number of fused-ring (bicyclic) bond motifs is 2. The third-order valence-electron chi connectivity index (χ3n) is 4.02. The summed E-state index contributed by atoms with van der Waals surface area (Å²) in [5.41, 5.74) is 6.42. The van der Waals surface area contributed by atoms with Crippen molar-refractivity contribution in [1.29, 1.82) is 0 Å².